The minimum Gasteiger partial charge on any atom is -0.495 e. The standard InChI is InChI=1S/C23H23ClN2O4S/c1-16(17-8-12-19(24)13-9-17)25-23(27)18-10-14-20(15-11-18)31(28,29)26(2)21-6-4-5-7-22(21)30-3/h4-16H,1-3H3,(H,25,27). The first kappa shape index (κ1) is 22.7. The number of halogens is 1. The molecule has 1 atom stereocenters. The van der Waals surface area contributed by atoms with Gasteiger partial charge in [-0.25, -0.2) is 8.42 Å². The van der Waals surface area contributed by atoms with E-state index in [-0.39, 0.29) is 16.8 Å². The zero-order valence-corrected chi connectivity index (χ0v) is 18.9. The SMILES string of the molecule is COc1ccccc1N(C)S(=O)(=O)c1ccc(C(=O)NC(C)c2ccc(Cl)cc2)cc1. The third-order valence-corrected chi connectivity index (χ3v) is 6.95. The number of hydrogen-bond acceptors (Lipinski definition) is 4. The number of nitrogens with zero attached hydrogens (tertiary/aromatic N) is 1. The molecule has 1 amide bonds. The summed E-state index contributed by atoms with van der Waals surface area (Å²) in [5, 5.41) is 3.52. The normalized spacial score (nSPS) is 12.1. The summed E-state index contributed by atoms with van der Waals surface area (Å²) >= 11 is 5.90. The monoisotopic (exact) mass is 458 g/mol. The van der Waals surface area contributed by atoms with Gasteiger partial charge in [-0.1, -0.05) is 35.9 Å². The van der Waals surface area contributed by atoms with Gasteiger partial charge in [0.1, 0.15) is 5.75 Å². The van der Waals surface area contributed by atoms with E-state index >= 15 is 0 Å². The predicted molar refractivity (Wildman–Crippen MR) is 122 cm³/mol. The summed E-state index contributed by atoms with van der Waals surface area (Å²) in [4.78, 5) is 12.7. The molecule has 31 heavy (non-hydrogen) atoms. The average molecular weight is 459 g/mol. The van der Waals surface area contributed by atoms with E-state index in [0.29, 0.717) is 22.0 Å². The Kier molecular flexibility index (Phi) is 6.87. The van der Waals surface area contributed by atoms with Crippen LogP contribution in [0.2, 0.25) is 5.02 Å². The molecule has 0 saturated carbocycles. The minimum atomic E-state index is -3.83. The van der Waals surface area contributed by atoms with Crippen LogP contribution in [0, 0.1) is 0 Å². The van der Waals surface area contributed by atoms with E-state index in [1.165, 1.54) is 38.4 Å². The molecular formula is C23H23ClN2O4S. The molecule has 0 heterocycles. The summed E-state index contributed by atoms with van der Waals surface area (Å²) in [6.45, 7) is 1.86. The lowest BCUT2D eigenvalue weighted by atomic mass is 10.1. The summed E-state index contributed by atoms with van der Waals surface area (Å²) in [6, 6.07) is 19.7. The summed E-state index contributed by atoms with van der Waals surface area (Å²) in [5.41, 5.74) is 1.69. The first-order chi connectivity index (χ1) is 14.7. The fourth-order valence-electron chi connectivity index (χ4n) is 3.07. The second kappa shape index (κ2) is 9.41. The van der Waals surface area contributed by atoms with Crippen molar-refractivity contribution in [1.82, 2.24) is 5.32 Å². The lowest BCUT2D eigenvalue weighted by molar-refractivity contribution is 0.0940. The zero-order chi connectivity index (χ0) is 22.6. The number of carbonyl (C=O) groups excluding carboxylic acids is 1. The first-order valence-corrected chi connectivity index (χ1v) is 11.3. The van der Waals surface area contributed by atoms with Crippen LogP contribution in [0.15, 0.2) is 77.7 Å². The Morgan fingerprint density at radius 3 is 2.23 bits per heavy atom. The summed E-state index contributed by atoms with van der Waals surface area (Å²) in [6.07, 6.45) is 0. The highest BCUT2D eigenvalue weighted by molar-refractivity contribution is 7.92. The van der Waals surface area contributed by atoms with Crippen LogP contribution in [0.5, 0.6) is 5.75 Å². The Morgan fingerprint density at radius 1 is 1.00 bits per heavy atom. The average Bonchev–Trinajstić information content (AvgIpc) is 2.78. The van der Waals surface area contributed by atoms with E-state index in [4.69, 9.17) is 16.3 Å². The number of benzene rings is 3. The maximum absolute atomic E-state index is 13.0. The van der Waals surface area contributed by atoms with Crippen LogP contribution in [-0.2, 0) is 10.0 Å². The number of sulfonamides is 1. The number of hydrogen-bond donors (Lipinski definition) is 1. The predicted octanol–water partition coefficient (Wildman–Crippen LogP) is 4.66. The van der Waals surface area contributed by atoms with Gasteiger partial charge in [-0.2, -0.15) is 0 Å². The van der Waals surface area contributed by atoms with Gasteiger partial charge in [0.25, 0.3) is 15.9 Å². The third kappa shape index (κ3) is 5.00. The van der Waals surface area contributed by atoms with Crippen molar-refractivity contribution in [3.63, 3.8) is 0 Å². The van der Waals surface area contributed by atoms with E-state index in [2.05, 4.69) is 5.32 Å². The number of nitrogens with one attached hydrogen (secondary N) is 1. The molecule has 1 unspecified atom stereocenters. The third-order valence-electron chi connectivity index (χ3n) is 4.92. The summed E-state index contributed by atoms with van der Waals surface area (Å²) in [5.74, 6) is 0.144. The number of rotatable bonds is 7. The van der Waals surface area contributed by atoms with Crippen LogP contribution in [0.4, 0.5) is 5.69 Å². The maximum Gasteiger partial charge on any atom is 0.264 e. The van der Waals surface area contributed by atoms with Gasteiger partial charge in [0.15, 0.2) is 0 Å². The van der Waals surface area contributed by atoms with Crippen molar-refractivity contribution in [3.8, 4) is 5.75 Å². The Balaban J connectivity index is 1.77. The number of ether oxygens (including phenoxy) is 1. The Morgan fingerprint density at radius 2 is 1.61 bits per heavy atom. The molecule has 8 heteroatoms. The van der Waals surface area contributed by atoms with Gasteiger partial charge < -0.3 is 10.1 Å². The van der Waals surface area contributed by atoms with Crippen LogP contribution in [0.25, 0.3) is 0 Å². The van der Waals surface area contributed by atoms with Crippen molar-refractivity contribution in [3.05, 3.63) is 88.9 Å². The fourth-order valence-corrected chi connectivity index (χ4v) is 4.40. The Hall–Kier alpha value is -3.03. The highest BCUT2D eigenvalue weighted by Gasteiger charge is 2.24. The molecule has 0 spiro atoms. The quantitative estimate of drug-likeness (QED) is 0.558. The largest absolute Gasteiger partial charge is 0.495 e. The first-order valence-electron chi connectivity index (χ1n) is 9.52. The molecule has 0 radical (unpaired) electrons. The number of amides is 1. The second-order valence-electron chi connectivity index (χ2n) is 6.92. The van der Waals surface area contributed by atoms with Crippen molar-refractivity contribution in [2.75, 3.05) is 18.5 Å². The van der Waals surface area contributed by atoms with E-state index in [1.54, 1.807) is 36.4 Å². The van der Waals surface area contributed by atoms with Crippen molar-refractivity contribution >= 4 is 33.2 Å². The van der Waals surface area contributed by atoms with Crippen LogP contribution < -0.4 is 14.4 Å². The molecule has 3 aromatic rings. The topological polar surface area (TPSA) is 75.7 Å². The van der Waals surface area contributed by atoms with Crippen LogP contribution >= 0.6 is 11.6 Å². The van der Waals surface area contributed by atoms with Gasteiger partial charge in [-0.05, 0) is 61.0 Å². The van der Waals surface area contributed by atoms with Crippen molar-refractivity contribution in [2.45, 2.75) is 17.9 Å². The fraction of sp³-hybridized carbons (Fsp3) is 0.174. The van der Waals surface area contributed by atoms with Gasteiger partial charge in [0.05, 0.1) is 23.7 Å². The van der Waals surface area contributed by atoms with Gasteiger partial charge in [0.2, 0.25) is 0 Å². The second-order valence-corrected chi connectivity index (χ2v) is 9.32. The van der Waals surface area contributed by atoms with E-state index < -0.39 is 10.0 Å². The molecule has 162 valence electrons. The molecule has 0 bridgehead atoms. The molecule has 3 aromatic carbocycles. The van der Waals surface area contributed by atoms with Gasteiger partial charge in [-0.15, -0.1) is 0 Å². The number of para-hydroxylation sites is 2. The van der Waals surface area contributed by atoms with Crippen LogP contribution in [0.1, 0.15) is 28.9 Å². The van der Waals surface area contributed by atoms with Crippen molar-refractivity contribution in [2.24, 2.45) is 0 Å². The molecule has 6 nitrogen and oxygen atoms in total. The molecule has 1 N–H and O–H groups in total. The van der Waals surface area contributed by atoms with Gasteiger partial charge in [-0.3, -0.25) is 9.10 Å². The highest BCUT2D eigenvalue weighted by Crippen LogP contribution is 2.30. The zero-order valence-electron chi connectivity index (χ0n) is 17.4. The number of carbonyl (C=O) groups is 1. The Labute approximate surface area is 187 Å². The number of anilines is 1. The van der Waals surface area contributed by atoms with Crippen LogP contribution in [-0.4, -0.2) is 28.5 Å². The molecular weight excluding hydrogens is 436 g/mol. The lowest BCUT2D eigenvalue weighted by Gasteiger charge is -2.21. The summed E-state index contributed by atoms with van der Waals surface area (Å²) in [7, 11) is -0.884. The molecule has 0 aliphatic rings. The smallest absolute Gasteiger partial charge is 0.264 e. The number of methoxy groups -OCH3 is 1. The molecule has 3 rings (SSSR count). The van der Waals surface area contributed by atoms with E-state index in [9.17, 15) is 13.2 Å². The minimum absolute atomic E-state index is 0.0724. The van der Waals surface area contributed by atoms with Crippen molar-refractivity contribution < 1.29 is 17.9 Å². The van der Waals surface area contributed by atoms with Gasteiger partial charge >= 0.3 is 0 Å². The van der Waals surface area contributed by atoms with Crippen molar-refractivity contribution in [1.29, 1.82) is 0 Å². The lowest BCUT2D eigenvalue weighted by Crippen LogP contribution is -2.28. The van der Waals surface area contributed by atoms with E-state index in [1.807, 2.05) is 19.1 Å². The Bertz CT molecular complexity index is 1160. The highest BCUT2D eigenvalue weighted by atomic mass is 35.5. The van der Waals surface area contributed by atoms with Crippen LogP contribution in [0.3, 0.4) is 0 Å². The van der Waals surface area contributed by atoms with Gasteiger partial charge in [0, 0.05) is 17.6 Å². The molecule has 0 aromatic heterocycles. The molecule has 0 aliphatic carbocycles. The van der Waals surface area contributed by atoms with E-state index in [0.717, 1.165) is 9.87 Å². The molecule has 0 aliphatic heterocycles. The molecule has 0 fully saturated rings. The maximum atomic E-state index is 13.0. The molecule has 0 saturated heterocycles. The summed E-state index contributed by atoms with van der Waals surface area (Å²) < 4.78 is 32.5.